The number of ether oxygens (including phenoxy) is 1. The third kappa shape index (κ3) is 4.20. The Balaban J connectivity index is 2.60. The normalized spacial score (nSPS) is 10.9. The fourth-order valence-corrected chi connectivity index (χ4v) is 1.14. The van der Waals surface area contributed by atoms with Crippen LogP contribution in [-0.4, -0.2) is 23.7 Å². The van der Waals surface area contributed by atoms with Gasteiger partial charge >= 0.3 is 5.97 Å². The zero-order chi connectivity index (χ0) is 13.5. The number of rotatable bonds is 5. The second kappa shape index (κ2) is 6.33. The molecule has 0 saturated carbocycles. The van der Waals surface area contributed by atoms with Crippen molar-refractivity contribution >= 4 is 23.1 Å². The topological polar surface area (TPSA) is 93.8 Å². The van der Waals surface area contributed by atoms with Crippen LogP contribution in [0.4, 0.5) is 11.4 Å². The van der Waals surface area contributed by atoms with E-state index in [9.17, 15) is 14.9 Å². The van der Waals surface area contributed by atoms with Crippen LogP contribution >= 0.6 is 0 Å². The molecule has 1 N–H and O–H groups in total. The van der Waals surface area contributed by atoms with Crippen molar-refractivity contribution in [3.63, 3.8) is 0 Å². The first-order chi connectivity index (χ1) is 8.52. The molecular formula is C11H13N3O4. The number of non-ortho nitro benzene ring substituents is 1. The van der Waals surface area contributed by atoms with Crippen molar-refractivity contribution in [1.29, 1.82) is 0 Å². The van der Waals surface area contributed by atoms with E-state index in [0.717, 1.165) is 0 Å². The second-order valence-electron chi connectivity index (χ2n) is 3.52. The number of hydrogen-bond donors (Lipinski definition) is 1. The molecule has 0 aliphatic rings. The van der Waals surface area contributed by atoms with Crippen LogP contribution < -0.4 is 5.43 Å². The fourth-order valence-electron chi connectivity index (χ4n) is 1.14. The third-order valence-electron chi connectivity index (χ3n) is 2.08. The van der Waals surface area contributed by atoms with E-state index in [4.69, 9.17) is 0 Å². The van der Waals surface area contributed by atoms with Crippen LogP contribution in [0.2, 0.25) is 0 Å². The molecule has 0 radical (unpaired) electrons. The summed E-state index contributed by atoms with van der Waals surface area (Å²) in [5.74, 6) is -0.373. The molecule has 0 unspecified atom stereocenters. The van der Waals surface area contributed by atoms with Gasteiger partial charge in [0, 0.05) is 17.8 Å². The molecule has 0 saturated heterocycles. The molecule has 0 fully saturated rings. The van der Waals surface area contributed by atoms with Gasteiger partial charge in [-0.15, -0.1) is 0 Å². The summed E-state index contributed by atoms with van der Waals surface area (Å²) in [5, 5.41) is 14.4. The summed E-state index contributed by atoms with van der Waals surface area (Å²) in [5.41, 5.74) is 3.87. The molecule has 7 nitrogen and oxygen atoms in total. The lowest BCUT2D eigenvalue weighted by Gasteiger charge is -2.02. The third-order valence-corrected chi connectivity index (χ3v) is 2.08. The van der Waals surface area contributed by atoms with E-state index in [1.165, 1.54) is 31.4 Å². The lowest BCUT2D eigenvalue weighted by atomic mass is 10.3. The first-order valence-corrected chi connectivity index (χ1v) is 5.13. The predicted octanol–water partition coefficient (Wildman–Crippen LogP) is 1.95. The minimum absolute atomic E-state index is 0.0100. The second-order valence-corrected chi connectivity index (χ2v) is 3.52. The Bertz CT molecular complexity index is 468. The highest BCUT2D eigenvalue weighted by atomic mass is 16.6. The molecule has 0 atom stereocenters. The van der Waals surface area contributed by atoms with Crippen LogP contribution in [0.5, 0.6) is 0 Å². The molecule has 1 aromatic rings. The molecule has 96 valence electrons. The first-order valence-electron chi connectivity index (χ1n) is 5.13. The molecule has 0 heterocycles. The Hall–Kier alpha value is -2.44. The number of methoxy groups -OCH3 is 1. The number of nitro benzene ring substituents is 1. The maximum atomic E-state index is 10.9. The van der Waals surface area contributed by atoms with Gasteiger partial charge in [0.25, 0.3) is 5.69 Å². The fraction of sp³-hybridized carbons (Fsp3) is 0.273. The van der Waals surface area contributed by atoms with E-state index in [-0.39, 0.29) is 18.1 Å². The van der Waals surface area contributed by atoms with E-state index in [2.05, 4.69) is 15.3 Å². The van der Waals surface area contributed by atoms with Gasteiger partial charge in [-0.25, -0.2) is 0 Å². The van der Waals surface area contributed by atoms with Crippen LogP contribution in [0.3, 0.4) is 0 Å². The van der Waals surface area contributed by atoms with E-state index in [0.29, 0.717) is 11.4 Å². The van der Waals surface area contributed by atoms with Crippen molar-refractivity contribution in [1.82, 2.24) is 0 Å². The lowest BCUT2D eigenvalue weighted by Crippen LogP contribution is -2.07. The average molecular weight is 251 g/mol. The van der Waals surface area contributed by atoms with Gasteiger partial charge in [-0.2, -0.15) is 5.10 Å². The Morgan fingerprint density at radius 3 is 2.56 bits per heavy atom. The number of nitro groups is 1. The number of nitrogens with zero attached hydrogens (tertiary/aromatic N) is 2. The maximum absolute atomic E-state index is 10.9. The minimum atomic E-state index is -0.477. The summed E-state index contributed by atoms with van der Waals surface area (Å²) < 4.78 is 4.49. The first kappa shape index (κ1) is 13.6. The number of carbonyl (C=O) groups excluding carboxylic acids is 1. The van der Waals surface area contributed by atoms with E-state index < -0.39 is 4.92 Å². The average Bonchev–Trinajstić information content (AvgIpc) is 2.36. The van der Waals surface area contributed by atoms with Crippen LogP contribution in [0.25, 0.3) is 0 Å². The van der Waals surface area contributed by atoms with E-state index >= 15 is 0 Å². The molecular weight excluding hydrogens is 238 g/mol. The summed E-state index contributed by atoms with van der Waals surface area (Å²) in [4.78, 5) is 20.9. The summed E-state index contributed by atoms with van der Waals surface area (Å²) in [6.45, 7) is 1.68. The van der Waals surface area contributed by atoms with Crippen LogP contribution in [0.15, 0.2) is 29.4 Å². The Kier molecular flexibility index (Phi) is 4.79. The summed E-state index contributed by atoms with van der Waals surface area (Å²) in [6.07, 6.45) is 0.0937. The standard InChI is InChI=1S/C11H13N3O4/c1-8(7-11(15)18-2)12-13-9-3-5-10(6-4-9)14(16)17/h3-6,13H,7H2,1-2H3/b12-8+. The quantitative estimate of drug-likeness (QED) is 0.373. The number of esters is 1. The van der Waals surface area contributed by atoms with E-state index in [1.54, 1.807) is 6.92 Å². The number of hydrazone groups is 1. The van der Waals surface area contributed by atoms with Crippen molar-refractivity contribution in [3.05, 3.63) is 34.4 Å². The molecule has 7 heteroatoms. The summed E-state index contributed by atoms with van der Waals surface area (Å²) in [7, 11) is 1.30. The number of carbonyl (C=O) groups is 1. The molecule has 1 rings (SSSR count). The molecule has 18 heavy (non-hydrogen) atoms. The Morgan fingerprint density at radius 1 is 1.44 bits per heavy atom. The SMILES string of the molecule is COC(=O)C/C(C)=N/Nc1ccc([N+](=O)[O-])cc1. The van der Waals surface area contributed by atoms with Gasteiger partial charge < -0.3 is 4.74 Å². The number of nitrogens with one attached hydrogen (secondary N) is 1. The highest BCUT2D eigenvalue weighted by Gasteiger charge is 2.04. The lowest BCUT2D eigenvalue weighted by molar-refractivity contribution is -0.384. The van der Waals surface area contributed by atoms with Crippen LogP contribution in [-0.2, 0) is 9.53 Å². The summed E-state index contributed by atoms with van der Waals surface area (Å²) in [6, 6.07) is 5.81. The van der Waals surface area contributed by atoms with Crippen molar-refractivity contribution < 1.29 is 14.5 Å². The highest BCUT2D eigenvalue weighted by Crippen LogP contribution is 2.15. The van der Waals surface area contributed by atoms with Gasteiger partial charge in [0.2, 0.25) is 0 Å². The highest BCUT2D eigenvalue weighted by molar-refractivity contribution is 5.97. The van der Waals surface area contributed by atoms with Gasteiger partial charge in [-0.3, -0.25) is 20.3 Å². The van der Waals surface area contributed by atoms with Crippen LogP contribution in [0, 0.1) is 10.1 Å². The minimum Gasteiger partial charge on any atom is -0.469 e. The largest absolute Gasteiger partial charge is 0.469 e. The zero-order valence-corrected chi connectivity index (χ0v) is 10.0. The number of hydrogen-bond acceptors (Lipinski definition) is 6. The van der Waals surface area contributed by atoms with Crippen molar-refractivity contribution in [2.75, 3.05) is 12.5 Å². The number of anilines is 1. The molecule has 0 bridgehead atoms. The van der Waals surface area contributed by atoms with Crippen LogP contribution in [0.1, 0.15) is 13.3 Å². The van der Waals surface area contributed by atoms with Crippen molar-refractivity contribution in [2.45, 2.75) is 13.3 Å². The molecule has 0 spiro atoms. The zero-order valence-electron chi connectivity index (χ0n) is 10.0. The predicted molar refractivity (Wildman–Crippen MR) is 66.5 cm³/mol. The molecule has 0 aliphatic heterocycles. The van der Waals surface area contributed by atoms with Crippen molar-refractivity contribution in [2.24, 2.45) is 5.10 Å². The molecule has 0 amide bonds. The molecule has 1 aromatic carbocycles. The Morgan fingerprint density at radius 2 is 2.06 bits per heavy atom. The molecule has 0 aliphatic carbocycles. The molecule has 0 aromatic heterocycles. The Labute approximate surface area is 104 Å². The van der Waals surface area contributed by atoms with Gasteiger partial charge in [0.1, 0.15) is 0 Å². The monoisotopic (exact) mass is 251 g/mol. The smallest absolute Gasteiger partial charge is 0.311 e. The van der Waals surface area contributed by atoms with Gasteiger partial charge in [-0.1, -0.05) is 0 Å². The van der Waals surface area contributed by atoms with Gasteiger partial charge in [0.15, 0.2) is 0 Å². The van der Waals surface area contributed by atoms with Gasteiger partial charge in [0.05, 0.1) is 24.1 Å². The number of benzene rings is 1. The maximum Gasteiger partial charge on any atom is 0.311 e. The van der Waals surface area contributed by atoms with Gasteiger partial charge in [-0.05, 0) is 19.1 Å². The summed E-state index contributed by atoms with van der Waals surface area (Å²) >= 11 is 0. The van der Waals surface area contributed by atoms with E-state index in [1.807, 2.05) is 0 Å². The van der Waals surface area contributed by atoms with Crippen molar-refractivity contribution in [3.8, 4) is 0 Å².